The zero-order chi connectivity index (χ0) is 19.6. The standard InChI is InChI=1S/C21H31N3O3/c1-6-10-22-21(23-11-9-18-8-7-12-27-18)24(3)15-17-14-20(26-5)19(25-4)13-16(17)2/h7-8,12-14H,6,9-11,15H2,1-5H3,(H,22,23). The Morgan fingerprint density at radius 2 is 1.96 bits per heavy atom. The Hall–Kier alpha value is -2.63. The first-order valence-electron chi connectivity index (χ1n) is 9.32. The number of rotatable bonds is 9. The second-order valence-corrected chi connectivity index (χ2v) is 6.45. The van der Waals surface area contributed by atoms with Crippen LogP contribution in [0.5, 0.6) is 11.5 Å². The summed E-state index contributed by atoms with van der Waals surface area (Å²) in [6, 6.07) is 7.94. The number of benzene rings is 1. The third-order valence-corrected chi connectivity index (χ3v) is 4.33. The lowest BCUT2D eigenvalue weighted by atomic mass is 10.1. The van der Waals surface area contributed by atoms with Crippen molar-refractivity contribution in [3.8, 4) is 11.5 Å². The summed E-state index contributed by atoms with van der Waals surface area (Å²) in [5.41, 5.74) is 2.33. The Morgan fingerprint density at radius 3 is 2.59 bits per heavy atom. The number of nitrogens with one attached hydrogen (secondary N) is 1. The van der Waals surface area contributed by atoms with Gasteiger partial charge in [0, 0.05) is 33.1 Å². The van der Waals surface area contributed by atoms with Crippen LogP contribution in [0.3, 0.4) is 0 Å². The van der Waals surface area contributed by atoms with Crippen LogP contribution in [0, 0.1) is 6.92 Å². The molecule has 1 aromatic carbocycles. The van der Waals surface area contributed by atoms with Gasteiger partial charge < -0.3 is 24.1 Å². The highest BCUT2D eigenvalue weighted by Crippen LogP contribution is 2.30. The van der Waals surface area contributed by atoms with Crippen molar-refractivity contribution < 1.29 is 13.9 Å². The van der Waals surface area contributed by atoms with E-state index < -0.39 is 0 Å². The van der Waals surface area contributed by atoms with Crippen LogP contribution in [-0.2, 0) is 13.0 Å². The van der Waals surface area contributed by atoms with Crippen molar-refractivity contribution in [2.75, 3.05) is 34.4 Å². The maximum Gasteiger partial charge on any atom is 0.193 e. The Balaban J connectivity index is 2.07. The summed E-state index contributed by atoms with van der Waals surface area (Å²) in [6.07, 6.45) is 3.53. The molecule has 1 N–H and O–H groups in total. The zero-order valence-electron chi connectivity index (χ0n) is 17.0. The molecule has 1 heterocycles. The van der Waals surface area contributed by atoms with Crippen LogP contribution in [0.25, 0.3) is 0 Å². The van der Waals surface area contributed by atoms with Crippen molar-refractivity contribution in [2.24, 2.45) is 4.99 Å². The average molecular weight is 373 g/mol. The number of ether oxygens (including phenoxy) is 2. The molecule has 0 bridgehead atoms. The van der Waals surface area contributed by atoms with Crippen LogP contribution in [0.4, 0.5) is 0 Å². The molecule has 0 atom stereocenters. The molecule has 0 unspecified atom stereocenters. The predicted molar refractivity (Wildman–Crippen MR) is 109 cm³/mol. The van der Waals surface area contributed by atoms with Gasteiger partial charge in [-0.25, -0.2) is 0 Å². The monoisotopic (exact) mass is 373 g/mol. The quantitative estimate of drug-likeness (QED) is 0.537. The summed E-state index contributed by atoms with van der Waals surface area (Å²) in [6.45, 7) is 6.49. The molecule has 0 saturated carbocycles. The van der Waals surface area contributed by atoms with Gasteiger partial charge in [-0.3, -0.25) is 4.99 Å². The minimum Gasteiger partial charge on any atom is -0.493 e. The summed E-state index contributed by atoms with van der Waals surface area (Å²) in [4.78, 5) is 6.84. The van der Waals surface area contributed by atoms with Gasteiger partial charge in [-0.2, -0.15) is 0 Å². The van der Waals surface area contributed by atoms with E-state index in [4.69, 9.17) is 18.9 Å². The fourth-order valence-corrected chi connectivity index (χ4v) is 2.81. The van der Waals surface area contributed by atoms with Crippen molar-refractivity contribution in [3.05, 3.63) is 47.4 Å². The summed E-state index contributed by atoms with van der Waals surface area (Å²) >= 11 is 0. The summed E-state index contributed by atoms with van der Waals surface area (Å²) in [5, 5.41) is 3.44. The largest absolute Gasteiger partial charge is 0.493 e. The molecule has 0 aliphatic carbocycles. The van der Waals surface area contributed by atoms with Crippen LogP contribution >= 0.6 is 0 Å². The number of aryl methyl sites for hydroxylation is 1. The highest BCUT2D eigenvalue weighted by molar-refractivity contribution is 5.79. The number of hydrogen-bond acceptors (Lipinski definition) is 4. The first kappa shape index (κ1) is 20.7. The Kier molecular flexibility index (Phi) is 8.04. The molecule has 0 saturated heterocycles. The molecule has 6 nitrogen and oxygen atoms in total. The maximum atomic E-state index is 5.45. The topological polar surface area (TPSA) is 59.2 Å². The number of furan rings is 1. The predicted octanol–water partition coefficient (Wildman–Crippen LogP) is 3.64. The van der Waals surface area contributed by atoms with E-state index in [1.165, 1.54) is 5.56 Å². The first-order chi connectivity index (χ1) is 13.1. The fraction of sp³-hybridized carbons (Fsp3) is 0.476. The molecular formula is C21H31N3O3. The Bertz CT molecular complexity index is 727. The molecule has 0 fully saturated rings. The van der Waals surface area contributed by atoms with Gasteiger partial charge in [0.2, 0.25) is 0 Å². The summed E-state index contributed by atoms with van der Waals surface area (Å²) in [7, 11) is 5.36. The molecule has 0 radical (unpaired) electrons. The third-order valence-electron chi connectivity index (χ3n) is 4.33. The molecular weight excluding hydrogens is 342 g/mol. The third kappa shape index (κ3) is 5.94. The van der Waals surface area contributed by atoms with Gasteiger partial charge in [0.1, 0.15) is 5.76 Å². The smallest absolute Gasteiger partial charge is 0.193 e. The fourth-order valence-electron chi connectivity index (χ4n) is 2.81. The molecule has 6 heteroatoms. The van der Waals surface area contributed by atoms with Crippen molar-refractivity contribution in [2.45, 2.75) is 33.2 Å². The first-order valence-corrected chi connectivity index (χ1v) is 9.32. The van der Waals surface area contributed by atoms with E-state index in [0.29, 0.717) is 0 Å². The van der Waals surface area contributed by atoms with Crippen molar-refractivity contribution in [1.29, 1.82) is 0 Å². The molecule has 148 valence electrons. The van der Waals surface area contributed by atoms with E-state index in [0.717, 1.165) is 61.3 Å². The van der Waals surface area contributed by atoms with Gasteiger partial charge in [0.25, 0.3) is 0 Å². The van der Waals surface area contributed by atoms with Crippen LogP contribution in [0.2, 0.25) is 0 Å². The normalized spacial score (nSPS) is 11.4. The maximum absolute atomic E-state index is 5.45. The van der Waals surface area contributed by atoms with Crippen LogP contribution < -0.4 is 14.8 Å². The van der Waals surface area contributed by atoms with Crippen LogP contribution in [0.15, 0.2) is 39.9 Å². The van der Waals surface area contributed by atoms with E-state index in [9.17, 15) is 0 Å². The number of methoxy groups -OCH3 is 2. The molecule has 2 aromatic rings. The second kappa shape index (κ2) is 10.5. The number of hydrogen-bond donors (Lipinski definition) is 1. The Morgan fingerprint density at radius 1 is 1.22 bits per heavy atom. The summed E-state index contributed by atoms with van der Waals surface area (Å²) in [5.74, 6) is 3.34. The van der Waals surface area contributed by atoms with E-state index in [1.807, 2.05) is 31.3 Å². The Labute approximate surface area is 162 Å². The molecule has 2 rings (SSSR count). The van der Waals surface area contributed by atoms with Gasteiger partial charge in [-0.05, 0) is 48.7 Å². The van der Waals surface area contributed by atoms with Crippen molar-refractivity contribution >= 4 is 5.96 Å². The van der Waals surface area contributed by atoms with E-state index >= 15 is 0 Å². The van der Waals surface area contributed by atoms with Crippen molar-refractivity contribution in [3.63, 3.8) is 0 Å². The van der Waals surface area contributed by atoms with E-state index in [2.05, 4.69) is 24.1 Å². The van der Waals surface area contributed by atoms with E-state index in [1.54, 1.807) is 20.5 Å². The minimum absolute atomic E-state index is 0.725. The SMILES string of the molecule is CCCN=C(NCCc1ccco1)N(C)Cc1cc(OC)c(OC)cc1C. The van der Waals surface area contributed by atoms with Gasteiger partial charge in [0.05, 0.1) is 20.5 Å². The number of aliphatic imine (C=N–C) groups is 1. The molecule has 1 aromatic heterocycles. The van der Waals surface area contributed by atoms with Crippen molar-refractivity contribution in [1.82, 2.24) is 10.2 Å². The molecule has 0 amide bonds. The minimum atomic E-state index is 0.725. The average Bonchev–Trinajstić information content (AvgIpc) is 3.19. The van der Waals surface area contributed by atoms with Gasteiger partial charge >= 0.3 is 0 Å². The molecule has 27 heavy (non-hydrogen) atoms. The molecule has 0 aliphatic rings. The lowest BCUT2D eigenvalue weighted by Crippen LogP contribution is -2.39. The van der Waals surface area contributed by atoms with E-state index in [-0.39, 0.29) is 0 Å². The van der Waals surface area contributed by atoms with Crippen LogP contribution in [-0.4, -0.2) is 45.2 Å². The molecule has 0 spiro atoms. The number of nitrogens with zero attached hydrogens (tertiary/aromatic N) is 2. The highest BCUT2D eigenvalue weighted by Gasteiger charge is 2.13. The van der Waals surface area contributed by atoms with Gasteiger partial charge in [-0.15, -0.1) is 0 Å². The summed E-state index contributed by atoms with van der Waals surface area (Å²) < 4.78 is 16.2. The van der Waals surface area contributed by atoms with Gasteiger partial charge in [0.15, 0.2) is 17.5 Å². The lowest BCUT2D eigenvalue weighted by molar-refractivity contribution is 0.353. The lowest BCUT2D eigenvalue weighted by Gasteiger charge is -2.24. The van der Waals surface area contributed by atoms with Crippen LogP contribution in [0.1, 0.15) is 30.2 Å². The zero-order valence-corrected chi connectivity index (χ0v) is 17.0. The number of guanidine groups is 1. The second-order valence-electron chi connectivity index (χ2n) is 6.45. The van der Waals surface area contributed by atoms with Gasteiger partial charge in [-0.1, -0.05) is 6.92 Å². The highest BCUT2D eigenvalue weighted by atomic mass is 16.5. The molecule has 0 aliphatic heterocycles.